The molecule has 6 heteroatoms. The second-order valence-corrected chi connectivity index (χ2v) is 9.43. The number of hydrogen-bond donors (Lipinski definition) is 0. The zero-order valence-corrected chi connectivity index (χ0v) is 20.1. The van der Waals surface area contributed by atoms with Crippen LogP contribution in [-0.4, -0.2) is 17.3 Å². The third kappa shape index (κ3) is 4.24. The topological polar surface area (TPSA) is 34.1 Å². The third-order valence-electron chi connectivity index (χ3n) is 5.86. The van der Waals surface area contributed by atoms with E-state index in [4.69, 9.17) is 26.2 Å². The minimum absolute atomic E-state index is 0.104. The SMILES string of the molecule is CCCCOc1ccc([C@H]2Oc3ccc(Br)cc3[C@@H]3CC(c4ccc(Cl)cc4)=NN23)cc1. The zero-order chi connectivity index (χ0) is 22.1. The highest BCUT2D eigenvalue weighted by molar-refractivity contribution is 9.10. The van der Waals surface area contributed by atoms with Crippen LogP contribution in [0.15, 0.2) is 76.3 Å². The molecule has 2 heterocycles. The highest BCUT2D eigenvalue weighted by atomic mass is 79.9. The number of ether oxygens (including phenoxy) is 2. The van der Waals surface area contributed by atoms with E-state index in [1.54, 1.807) is 0 Å². The predicted octanol–water partition coefficient (Wildman–Crippen LogP) is 7.52. The molecule has 32 heavy (non-hydrogen) atoms. The number of rotatable bonds is 6. The van der Waals surface area contributed by atoms with Crippen LogP contribution in [0.25, 0.3) is 0 Å². The van der Waals surface area contributed by atoms with Gasteiger partial charge in [-0.2, -0.15) is 5.10 Å². The predicted molar refractivity (Wildman–Crippen MR) is 132 cm³/mol. The molecule has 0 bridgehead atoms. The minimum Gasteiger partial charge on any atom is -0.494 e. The van der Waals surface area contributed by atoms with Crippen molar-refractivity contribution in [3.8, 4) is 11.5 Å². The summed E-state index contributed by atoms with van der Waals surface area (Å²) in [5.41, 5.74) is 4.31. The van der Waals surface area contributed by atoms with E-state index >= 15 is 0 Å². The summed E-state index contributed by atoms with van der Waals surface area (Å²) in [5, 5.41) is 7.83. The van der Waals surface area contributed by atoms with Crippen molar-refractivity contribution in [1.29, 1.82) is 0 Å². The van der Waals surface area contributed by atoms with Gasteiger partial charge in [0.1, 0.15) is 11.5 Å². The Bertz CT molecular complexity index is 1130. The van der Waals surface area contributed by atoms with Gasteiger partial charge < -0.3 is 9.47 Å². The Balaban J connectivity index is 1.48. The van der Waals surface area contributed by atoms with E-state index in [1.165, 1.54) is 0 Å². The number of benzene rings is 3. The van der Waals surface area contributed by atoms with Crippen molar-refractivity contribution in [3.05, 3.63) is 92.9 Å². The van der Waals surface area contributed by atoms with Crippen molar-refractivity contribution >= 4 is 33.2 Å². The molecule has 0 radical (unpaired) electrons. The molecule has 4 nitrogen and oxygen atoms in total. The second-order valence-electron chi connectivity index (χ2n) is 8.08. The number of nitrogens with zero attached hydrogens (tertiary/aromatic N) is 2. The fourth-order valence-electron chi connectivity index (χ4n) is 4.16. The number of unbranched alkanes of at least 4 members (excludes halogenated alkanes) is 1. The van der Waals surface area contributed by atoms with Crippen molar-refractivity contribution in [2.75, 3.05) is 6.61 Å². The molecule has 0 amide bonds. The van der Waals surface area contributed by atoms with Gasteiger partial charge in [-0.05, 0) is 66.6 Å². The summed E-state index contributed by atoms with van der Waals surface area (Å²) in [6, 6.07) is 22.3. The lowest BCUT2D eigenvalue weighted by molar-refractivity contribution is -0.0191. The standard InChI is InChI=1S/C26H24BrClN2O2/c1-2-3-14-31-21-11-6-18(7-12-21)26-30-24(22-15-19(27)8-13-25(22)32-26)16-23(29-30)17-4-9-20(28)10-5-17/h4-13,15,24,26H,2-3,14,16H2,1H3/t24-,26+/m0/s1. The molecular formula is C26H24BrClN2O2. The largest absolute Gasteiger partial charge is 0.494 e. The fourth-order valence-corrected chi connectivity index (χ4v) is 4.66. The van der Waals surface area contributed by atoms with Crippen LogP contribution < -0.4 is 9.47 Å². The van der Waals surface area contributed by atoms with Crippen LogP contribution in [0.3, 0.4) is 0 Å². The maximum atomic E-state index is 6.46. The van der Waals surface area contributed by atoms with Crippen molar-refractivity contribution in [2.24, 2.45) is 5.10 Å². The highest BCUT2D eigenvalue weighted by Gasteiger charge is 2.41. The quantitative estimate of drug-likeness (QED) is 0.321. The molecule has 0 saturated carbocycles. The third-order valence-corrected chi connectivity index (χ3v) is 6.61. The Morgan fingerprint density at radius 3 is 2.62 bits per heavy atom. The van der Waals surface area contributed by atoms with Gasteiger partial charge >= 0.3 is 0 Å². The van der Waals surface area contributed by atoms with Crippen LogP contribution in [-0.2, 0) is 0 Å². The molecule has 0 N–H and O–H groups in total. The van der Waals surface area contributed by atoms with Gasteiger partial charge in [-0.3, -0.25) is 0 Å². The first kappa shape index (κ1) is 21.4. The van der Waals surface area contributed by atoms with Gasteiger partial charge in [-0.1, -0.05) is 53.0 Å². The van der Waals surface area contributed by atoms with Crippen molar-refractivity contribution in [3.63, 3.8) is 0 Å². The van der Waals surface area contributed by atoms with Crippen LogP contribution in [0.5, 0.6) is 11.5 Å². The summed E-state index contributed by atoms with van der Waals surface area (Å²) in [7, 11) is 0. The molecule has 5 rings (SSSR count). The molecule has 2 atom stereocenters. The first-order chi connectivity index (χ1) is 15.6. The van der Waals surface area contributed by atoms with Gasteiger partial charge in [0.05, 0.1) is 18.4 Å². The average Bonchev–Trinajstić information content (AvgIpc) is 3.26. The summed E-state index contributed by atoms with van der Waals surface area (Å²) in [6.45, 7) is 2.90. The lowest BCUT2D eigenvalue weighted by Gasteiger charge is -2.38. The maximum absolute atomic E-state index is 6.46. The molecule has 164 valence electrons. The Hall–Kier alpha value is -2.50. The number of hydrazone groups is 1. The van der Waals surface area contributed by atoms with E-state index in [9.17, 15) is 0 Å². The fraction of sp³-hybridized carbons (Fsp3) is 0.269. The van der Waals surface area contributed by atoms with Crippen molar-refractivity contribution < 1.29 is 9.47 Å². The van der Waals surface area contributed by atoms with Gasteiger partial charge in [-0.25, -0.2) is 5.01 Å². The van der Waals surface area contributed by atoms with E-state index in [0.717, 1.165) is 69.3 Å². The minimum atomic E-state index is -0.303. The van der Waals surface area contributed by atoms with Gasteiger partial charge in [0.25, 0.3) is 0 Å². The molecule has 3 aromatic carbocycles. The highest BCUT2D eigenvalue weighted by Crippen LogP contribution is 2.48. The van der Waals surface area contributed by atoms with Crippen LogP contribution >= 0.6 is 27.5 Å². The van der Waals surface area contributed by atoms with Crippen LogP contribution in [0.1, 0.15) is 55.1 Å². The van der Waals surface area contributed by atoms with E-state index in [-0.39, 0.29) is 12.3 Å². The van der Waals surface area contributed by atoms with Gasteiger partial charge in [0.15, 0.2) is 0 Å². The maximum Gasteiger partial charge on any atom is 0.213 e. The van der Waals surface area contributed by atoms with E-state index in [0.29, 0.717) is 0 Å². The monoisotopic (exact) mass is 510 g/mol. The van der Waals surface area contributed by atoms with Crippen LogP contribution in [0, 0.1) is 0 Å². The Morgan fingerprint density at radius 1 is 1.09 bits per heavy atom. The summed E-state index contributed by atoms with van der Waals surface area (Å²) in [4.78, 5) is 0. The van der Waals surface area contributed by atoms with Crippen molar-refractivity contribution in [2.45, 2.75) is 38.5 Å². The number of halogens is 2. The summed E-state index contributed by atoms with van der Waals surface area (Å²) in [5.74, 6) is 1.78. The normalized spacial score (nSPS) is 19.1. The first-order valence-electron chi connectivity index (χ1n) is 10.9. The molecule has 2 aliphatic heterocycles. The zero-order valence-electron chi connectivity index (χ0n) is 17.8. The Labute approximate surface area is 201 Å². The smallest absolute Gasteiger partial charge is 0.213 e. The summed E-state index contributed by atoms with van der Waals surface area (Å²) < 4.78 is 13.3. The molecule has 0 fully saturated rings. The van der Waals surface area contributed by atoms with Crippen LogP contribution in [0.4, 0.5) is 0 Å². The summed E-state index contributed by atoms with van der Waals surface area (Å²) >= 11 is 9.70. The van der Waals surface area contributed by atoms with E-state index in [2.05, 4.69) is 46.1 Å². The van der Waals surface area contributed by atoms with Gasteiger partial charge in [0.2, 0.25) is 6.23 Å². The molecule has 2 aliphatic rings. The molecule has 0 aromatic heterocycles. The van der Waals surface area contributed by atoms with Gasteiger partial charge in [-0.15, -0.1) is 0 Å². The molecule has 0 unspecified atom stereocenters. The number of fused-ring (bicyclic) bond motifs is 3. The molecule has 0 spiro atoms. The van der Waals surface area contributed by atoms with E-state index in [1.807, 2.05) is 48.5 Å². The van der Waals surface area contributed by atoms with E-state index < -0.39 is 0 Å². The average molecular weight is 512 g/mol. The molecular weight excluding hydrogens is 488 g/mol. The van der Waals surface area contributed by atoms with Crippen molar-refractivity contribution in [1.82, 2.24) is 5.01 Å². The molecule has 0 aliphatic carbocycles. The molecule has 0 saturated heterocycles. The van der Waals surface area contributed by atoms with Gasteiger partial charge in [0, 0.05) is 27.0 Å². The van der Waals surface area contributed by atoms with Crippen LogP contribution in [0.2, 0.25) is 5.02 Å². The Kier molecular flexibility index (Phi) is 6.11. The molecule has 3 aromatic rings. The Morgan fingerprint density at radius 2 is 1.88 bits per heavy atom. The lowest BCUT2D eigenvalue weighted by Crippen LogP contribution is -2.33. The second kappa shape index (κ2) is 9.16. The lowest BCUT2D eigenvalue weighted by atomic mass is 9.96. The summed E-state index contributed by atoms with van der Waals surface area (Å²) in [6.07, 6.45) is 2.68. The first-order valence-corrected chi connectivity index (χ1v) is 12.1. The number of hydrogen-bond acceptors (Lipinski definition) is 4.